The summed E-state index contributed by atoms with van der Waals surface area (Å²) in [7, 11) is 0. The molecular weight excluding hydrogens is 350 g/mol. The van der Waals surface area contributed by atoms with Crippen molar-refractivity contribution in [1.82, 2.24) is 0 Å². The summed E-state index contributed by atoms with van der Waals surface area (Å²) >= 11 is 3.37. The van der Waals surface area contributed by atoms with Gasteiger partial charge < -0.3 is 19.6 Å². The Bertz CT molecular complexity index is 609. The van der Waals surface area contributed by atoms with E-state index in [2.05, 4.69) is 15.9 Å². The largest absolute Gasteiger partial charge is 0.486 e. The highest BCUT2D eigenvalue weighted by Crippen LogP contribution is 2.18. The summed E-state index contributed by atoms with van der Waals surface area (Å²) < 4.78 is 17.1. The number of ether oxygens (including phenoxy) is 2. The first kappa shape index (κ1) is 16.6. The molecule has 1 unspecified atom stereocenters. The third-order valence-electron chi connectivity index (χ3n) is 2.92. The SMILES string of the molecule is CCOC(=O)C(N)Cc1ccc(COc2ccc(Br)cc2)o1. The summed E-state index contributed by atoms with van der Waals surface area (Å²) in [5, 5.41) is 0. The lowest BCUT2D eigenvalue weighted by molar-refractivity contribution is -0.144. The highest BCUT2D eigenvalue weighted by Gasteiger charge is 2.17. The molecule has 118 valence electrons. The van der Waals surface area contributed by atoms with E-state index in [9.17, 15) is 4.79 Å². The van der Waals surface area contributed by atoms with Gasteiger partial charge in [-0.25, -0.2) is 0 Å². The number of hydrogen-bond donors (Lipinski definition) is 1. The molecule has 22 heavy (non-hydrogen) atoms. The Labute approximate surface area is 137 Å². The fraction of sp³-hybridized carbons (Fsp3) is 0.312. The fourth-order valence-electron chi connectivity index (χ4n) is 1.84. The molecule has 1 aromatic carbocycles. The third kappa shape index (κ3) is 4.89. The van der Waals surface area contributed by atoms with Crippen molar-refractivity contribution in [1.29, 1.82) is 0 Å². The molecule has 0 saturated carbocycles. The Morgan fingerprint density at radius 2 is 1.91 bits per heavy atom. The number of halogens is 1. The van der Waals surface area contributed by atoms with Gasteiger partial charge in [0.05, 0.1) is 6.61 Å². The zero-order valence-corrected chi connectivity index (χ0v) is 13.8. The zero-order valence-electron chi connectivity index (χ0n) is 12.3. The summed E-state index contributed by atoms with van der Waals surface area (Å²) in [5.74, 6) is 1.64. The van der Waals surface area contributed by atoms with E-state index in [4.69, 9.17) is 19.6 Å². The molecule has 0 amide bonds. The molecule has 5 nitrogen and oxygen atoms in total. The van der Waals surface area contributed by atoms with Crippen molar-refractivity contribution in [2.45, 2.75) is 26.0 Å². The van der Waals surface area contributed by atoms with Crippen LogP contribution in [0.2, 0.25) is 0 Å². The molecule has 0 aliphatic heterocycles. The van der Waals surface area contributed by atoms with Gasteiger partial charge in [-0.2, -0.15) is 0 Å². The van der Waals surface area contributed by atoms with E-state index < -0.39 is 12.0 Å². The molecule has 0 fully saturated rings. The maximum atomic E-state index is 11.5. The van der Waals surface area contributed by atoms with Gasteiger partial charge in [0, 0.05) is 10.9 Å². The van der Waals surface area contributed by atoms with Crippen molar-refractivity contribution in [2.24, 2.45) is 5.73 Å². The molecule has 0 saturated heterocycles. The maximum Gasteiger partial charge on any atom is 0.323 e. The molecule has 0 aliphatic rings. The standard InChI is InChI=1S/C16H18BrNO4/c1-2-20-16(19)15(18)9-13-7-8-14(22-13)10-21-12-5-3-11(17)4-6-12/h3-8,15H,2,9-10,18H2,1H3. The topological polar surface area (TPSA) is 74.7 Å². The van der Waals surface area contributed by atoms with Crippen LogP contribution in [-0.2, 0) is 22.6 Å². The van der Waals surface area contributed by atoms with Gasteiger partial charge in [0.2, 0.25) is 0 Å². The first-order valence-electron chi connectivity index (χ1n) is 6.96. The summed E-state index contributed by atoms with van der Waals surface area (Å²) in [6, 6.07) is 10.4. The van der Waals surface area contributed by atoms with E-state index >= 15 is 0 Å². The first-order chi connectivity index (χ1) is 10.6. The van der Waals surface area contributed by atoms with Crippen LogP contribution in [-0.4, -0.2) is 18.6 Å². The fourth-order valence-corrected chi connectivity index (χ4v) is 2.11. The number of rotatable bonds is 7. The average Bonchev–Trinajstić information content (AvgIpc) is 2.94. The number of hydrogen-bond acceptors (Lipinski definition) is 5. The molecular formula is C16H18BrNO4. The molecule has 2 aromatic rings. The molecule has 1 heterocycles. The Morgan fingerprint density at radius 3 is 2.59 bits per heavy atom. The maximum absolute atomic E-state index is 11.5. The van der Waals surface area contributed by atoms with Crippen LogP contribution >= 0.6 is 15.9 Å². The average molecular weight is 368 g/mol. The molecule has 1 aromatic heterocycles. The van der Waals surface area contributed by atoms with Gasteiger partial charge in [-0.3, -0.25) is 4.79 Å². The predicted molar refractivity (Wildman–Crippen MR) is 85.5 cm³/mol. The number of nitrogens with two attached hydrogens (primary N) is 1. The van der Waals surface area contributed by atoms with Gasteiger partial charge in [-0.1, -0.05) is 15.9 Å². The van der Waals surface area contributed by atoms with Crippen molar-refractivity contribution in [3.8, 4) is 5.75 Å². The highest BCUT2D eigenvalue weighted by molar-refractivity contribution is 9.10. The molecule has 2 rings (SSSR count). The molecule has 6 heteroatoms. The second-order valence-corrected chi connectivity index (χ2v) is 5.59. The van der Waals surface area contributed by atoms with Gasteiger partial charge >= 0.3 is 5.97 Å². The van der Waals surface area contributed by atoms with E-state index in [-0.39, 0.29) is 0 Å². The van der Waals surface area contributed by atoms with Crippen molar-refractivity contribution < 1.29 is 18.7 Å². The quantitative estimate of drug-likeness (QED) is 0.761. The Morgan fingerprint density at radius 1 is 1.23 bits per heavy atom. The lowest BCUT2D eigenvalue weighted by atomic mass is 10.2. The molecule has 1 atom stereocenters. The lowest BCUT2D eigenvalue weighted by Gasteiger charge is -2.08. The monoisotopic (exact) mass is 367 g/mol. The second kappa shape index (κ2) is 8.00. The van der Waals surface area contributed by atoms with Crippen molar-refractivity contribution in [3.05, 3.63) is 52.4 Å². The minimum atomic E-state index is -0.716. The number of furan rings is 1. The highest BCUT2D eigenvalue weighted by atomic mass is 79.9. The second-order valence-electron chi connectivity index (χ2n) is 4.67. The molecule has 0 radical (unpaired) electrons. The Kier molecular flexibility index (Phi) is 6.03. The third-order valence-corrected chi connectivity index (χ3v) is 3.45. The van der Waals surface area contributed by atoms with Crippen LogP contribution < -0.4 is 10.5 Å². The van der Waals surface area contributed by atoms with Crippen LogP contribution in [0.15, 0.2) is 45.3 Å². The number of carbonyl (C=O) groups excluding carboxylic acids is 1. The van der Waals surface area contributed by atoms with E-state index in [1.54, 1.807) is 13.0 Å². The number of carbonyl (C=O) groups is 1. The minimum Gasteiger partial charge on any atom is -0.486 e. The Hall–Kier alpha value is -1.79. The van der Waals surface area contributed by atoms with Crippen LogP contribution in [0.1, 0.15) is 18.4 Å². The molecule has 2 N–H and O–H groups in total. The van der Waals surface area contributed by atoms with Gasteiger partial charge in [-0.15, -0.1) is 0 Å². The number of esters is 1. The van der Waals surface area contributed by atoms with Gasteiger partial charge in [0.25, 0.3) is 0 Å². The van der Waals surface area contributed by atoms with E-state index in [1.165, 1.54) is 0 Å². The normalized spacial score (nSPS) is 12.0. The summed E-state index contributed by atoms with van der Waals surface area (Å²) in [6.45, 7) is 2.38. The van der Waals surface area contributed by atoms with E-state index in [0.29, 0.717) is 31.2 Å². The van der Waals surface area contributed by atoms with Crippen molar-refractivity contribution in [3.63, 3.8) is 0 Å². The zero-order chi connectivity index (χ0) is 15.9. The van der Waals surface area contributed by atoms with Crippen LogP contribution in [0, 0.1) is 0 Å². The summed E-state index contributed by atoms with van der Waals surface area (Å²) in [6.07, 6.45) is 0.303. The predicted octanol–water partition coefficient (Wildman–Crippen LogP) is 3.05. The van der Waals surface area contributed by atoms with Crippen LogP contribution in [0.3, 0.4) is 0 Å². The molecule has 0 aliphatic carbocycles. The van der Waals surface area contributed by atoms with Gasteiger partial charge in [0.15, 0.2) is 0 Å². The van der Waals surface area contributed by atoms with Crippen molar-refractivity contribution in [2.75, 3.05) is 6.61 Å². The van der Waals surface area contributed by atoms with E-state index in [1.807, 2.05) is 30.3 Å². The molecule has 0 bridgehead atoms. The molecule has 0 spiro atoms. The van der Waals surface area contributed by atoms with Gasteiger partial charge in [0.1, 0.15) is 29.9 Å². The Balaban J connectivity index is 1.86. The van der Waals surface area contributed by atoms with Crippen LogP contribution in [0.5, 0.6) is 5.75 Å². The smallest absolute Gasteiger partial charge is 0.323 e. The summed E-state index contributed by atoms with van der Waals surface area (Å²) in [4.78, 5) is 11.5. The van der Waals surface area contributed by atoms with Crippen molar-refractivity contribution >= 4 is 21.9 Å². The summed E-state index contributed by atoms with van der Waals surface area (Å²) in [5.41, 5.74) is 5.75. The van der Waals surface area contributed by atoms with Crippen LogP contribution in [0.4, 0.5) is 0 Å². The lowest BCUT2D eigenvalue weighted by Crippen LogP contribution is -2.34. The van der Waals surface area contributed by atoms with E-state index in [0.717, 1.165) is 10.2 Å². The number of benzene rings is 1. The van der Waals surface area contributed by atoms with Crippen LogP contribution in [0.25, 0.3) is 0 Å². The first-order valence-corrected chi connectivity index (χ1v) is 7.76. The van der Waals surface area contributed by atoms with Gasteiger partial charge in [-0.05, 0) is 43.3 Å². The minimum absolute atomic E-state index is 0.303.